The summed E-state index contributed by atoms with van der Waals surface area (Å²) in [7, 11) is 0. The normalized spacial score (nSPS) is 12.9. The van der Waals surface area contributed by atoms with Crippen LogP contribution in [0.5, 0.6) is 0 Å². The molecule has 7 nitrogen and oxygen atoms in total. The molecule has 9 heteroatoms. The van der Waals surface area contributed by atoms with Crippen LogP contribution in [0, 0.1) is 5.82 Å². The molecule has 1 unspecified atom stereocenters. The first-order valence-electron chi connectivity index (χ1n) is 10.4. The van der Waals surface area contributed by atoms with Crippen molar-refractivity contribution in [2.24, 2.45) is 0 Å². The number of anilines is 1. The van der Waals surface area contributed by atoms with Crippen molar-refractivity contribution in [3.05, 3.63) is 88.1 Å². The van der Waals surface area contributed by atoms with Crippen molar-refractivity contribution < 1.29 is 28.6 Å². The molecule has 0 aromatic heterocycles. The number of carbonyl (C=O) groups is 3. The number of hydrogen-bond acceptors (Lipinski definition) is 4. The van der Waals surface area contributed by atoms with Crippen LogP contribution in [-0.2, 0) is 14.3 Å². The smallest absolute Gasteiger partial charge is 0.407 e. The third-order valence-corrected chi connectivity index (χ3v) is 6.01. The number of fused-ring (bicyclic) bond motifs is 3. The summed E-state index contributed by atoms with van der Waals surface area (Å²) >= 11 is 3.12. The summed E-state index contributed by atoms with van der Waals surface area (Å²) in [5.41, 5.74) is 4.01. The highest BCUT2D eigenvalue weighted by Gasteiger charge is 2.30. The first-order valence-corrected chi connectivity index (χ1v) is 11.2. The Kier molecular flexibility index (Phi) is 6.93. The molecule has 0 fully saturated rings. The molecule has 0 bridgehead atoms. The molecule has 0 aliphatic heterocycles. The van der Waals surface area contributed by atoms with Crippen molar-refractivity contribution in [3.8, 4) is 11.1 Å². The maximum Gasteiger partial charge on any atom is 0.407 e. The SMILES string of the molecule is O=C(O)CC(NC(=O)OCC1c2ccccc2-c2ccccc21)C(=O)Nc1ccc(Br)cc1F. The zero-order valence-electron chi connectivity index (χ0n) is 17.8. The van der Waals surface area contributed by atoms with Gasteiger partial charge >= 0.3 is 12.1 Å². The van der Waals surface area contributed by atoms with Gasteiger partial charge in [-0.1, -0.05) is 64.5 Å². The second-order valence-corrected chi connectivity index (χ2v) is 8.65. The zero-order chi connectivity index (χ0) is 24.2. The summed E-state index contributed by atoms with van der Waals surface area (Å²) in [6, 6.07) is 18.2. The number of carbonyl (C=O) groups excluding carboxylic acids is 2. The van der Waals surface area contributed by atoms with Gasteiger partial charge in [-0.15, -0.1) is 0 Å². The number of hydrogen-bond donors (Lipinski definition) is 3. The lowest BCUT2D eigenvalue weighted by atomic mass is 9.98. The second kappa shape index (κ2) is 10.0. The quantitative estimate of drug-likeness (QED) is 0.405. The predicted octanol–water partition coefficient (Wildman–Crippen LogP) is 4.91. The molecule has 0 saturated carbocycles. The van der Waals surface area contributed by atoms with Crippen molar-refractivity contribution in [2.75, 3.05) is 11.9 Å². The molecule has 0 heterocycles. The number of rotatable bonds is 7. The van der Waals surface area contributed by atoms with Crippen molar-refractivity contribution in [1.82, 2.24) is 5.32 Å². The molecular weight excluding hydrogens is 507 g/mol. The maximum absolute atomic E-state index is 14.1. The molecule has 3 N–H and O–H groups in total. The van der Waals surface area contributed by atoms with Gasteiger partial charge in [-0.2, -0.15) is 0 Å². The fourth-order valence-corrected chi connectivity index (χ4v) is 4.31. The minimum atomic E-state index is -1.46. The van der Waals surface area contributed by atoms with E-state index < -0.39 is 36.2 Å². The van der Waals surface area contributed by atoms with Crippen LogP contribution in [0.25, 0.3) is 11.1 Å². The van der Waals surface area contributed by atoms with Crippen molar-refractivity contribution in [1.29, 1.82) is 0 Å². The lowest BCUT2D eigenvalue weighted by Crippen LogP contribution is -2.45. The van der Waals surface area contributed by atoms with Gasteiger partial charge in [0.25, 0.3) is 0 Å². The molecule has 3 aromatic carbocycles. The molecule has 1 atom stereocenters. The van der Waals surface area contributed by atoms with E-state index in [1.165, 1.54) is 12.1 Å². The van der Waals surface area contributed by atoms with E-state index in [-0.39, 0.29) is 18.2 Å². The van der Waals surface area contributed by atoms with Gasteiger partial charge in [-0.25, -0.2) is 9.18 Å². The van der Waals surface area contributed by atoms with Gasteiger partial charge in [0.1, 0.15) is 18.5 Å². The predicted molar refractivity (Wildman–Crippen MR) is 127 cm³/mol. The minimum Gasteiger partial charge on any atom is -0.481 e. The number of carboxylic acid groups (broad SMARTS) is 1. The van der Waals surface area contributed by atoms with E-state index in [1.54, 1.807) is 0 Å². The Morgan fingerprint density at radius 1 is 1.00 bits per heavy atom. The van der Waals surface area contributed by atoms with Gasteiger partial charge in [0.05, 0.1) is 12.1 Å². The van der Waals surface area contributed by atoms with Crippen molar-refractivity contribution in [2.45, 2.75) is 18.4 Å². The monoisotopic (exact) mass is 526 g/mol. The fourth-order valence-electron chi connectivity index (χ4n) is 3.98. The molecular formula is C25H20BrFN2O5. The molecule has 4 rings (SSSR count). The third kappa shape index (κ3) is 5.09. The van der Waals surface area contributed by atoms with Crippen LogP contribution in [-0.4, -0.2) is 35.7 Å². The molecule has 0 spiro atoms. The highest BCUT2D eigenvalue weighted by atomic mass is 79.9. The third-order valence-electron chi connectivity index (χ3n) is 5.52. The molecule has 3 aromatic rings. The number of aliphatic carboxylic acids is 1. The number of nitrogens with one attached hydrogen (secondary N) is 2. The van der Waals surface area contributed by atoms with Crippen LogP contribution < -0.4 is 10.6 Å². The highest BCUT2D eigenvalue weighted by Crippen LogP contribution is 2.44. The van der Waals surface area contributed by atoms with Gasteiger partial charge in [0.15, 0.2) is 0 Å². The standard InChI is InChI=1S/C25H20BrFN2O5/c26-14-9-10-21(20(27)11-14)28-24(32)22(12-23(30)31)29-25(33)34-13-19-17-7-3-1-5-15(17)16-6-2-4-8-18(16)19/h1-11,19,22H,12-13H2,(H,28,32)(H,29,33)(H,30,31). The summed E-state index contributed by atoms with van der Waals surface area (Å²) < 4.78 is 19.9. The summed E-state index contributed by atoms with van der Waals surface area (Å²) in [5, 5.41) is 13.8. The molecule has 0 radical (unpaired) electrons. The number of amides is 2. The molecule has 34 heavy (non-hydrogen) atoms. The van der Waals surface area contributed by atoms with E-state index in [0.29, 0.717) is 4.47 Å². The number of benzene rings is 3. The Hall–Kier alpha value is -3.72. The maximum atomic E-state index is 14.1. The van der Waals surface area contributed by atoms with Gasteiger partial charge in [-0.05, 0) is 40.5 Å². The van der Waals surface area contributed by atoms with E-state index in [1.807, 2.05) is 48.5 Å². The molecule has 174 valence electrons. The number of halogens is 2. The molecule has 2 amide bonds. The van der Waals surface area contributed by atoms with E-state index in [2.05, 4.69) is 26.6 Å². The summed E-state index contributed by atoms with van der Waals surface area (Å²) in [6.07, 6.45) is -1.65. The Morgan fingerprint density at radius 2 is 1.62 bits per heavy atom. The zero-order valence-corrected chi connectivity index (χ0v) is 19.3. The summed E-state index contributed by atoms with van der Waals surface area (Å²) in [5.74, 6) is -3.09. The van der Waals surface area contributed by atoms with Crippen LogP contribution in [0.3, 0.4) is 0 Å². The summed E-state index contributed by atoms with van der Waals surface area (Å²) in [6.45, 7) is 0.00259. The molecule has 1 aliphatic carbocycles. The van der Waals surface area contributed by atoms with Gasteiger partial charge < -0.3 is 20.5 Å². The number of carboxylic acids is 1. The number of alkyl carbamates (subject to hydrolysis) is 1. The topological polar surface area (TPSA) is 105 Å². The van der Waals surface area contributed by atoms with Gasteiger partial charge in [-0.3, -0.25) is 9.59 Å². The van der Waals surface area contributed by atoms with E-state index >= 15 is 0 Å². The van der Waals surface area contributed by atoms with E-state index in [9.17, 15) is 23.9 Å². The first kappa shape index (κ1) is 23.4. The first-order chi connectivity index (χ1) is 16.3. The number of ether oxygens (including phenoxy) is 1. The van der Waals surface area contributed by atoms with Crippen molar-refractivity contribution >= 4 is 39.6 Å². The average Bonchev–Trinajstić information content (AvgIpc) is 3.12. The highest BCUT2D eigenvalue weighted by molar-refractivity contribution is 9.10. The Morgan fingerprint density at radius 3 is 2.21 bits per heavy atom. The minimum absolute atomic E-state index is 0.00259. The second-order valence-electron chi connectivity index (χ2n) is 7.73. The average molecular weight is 527 g/mol. The molecule has 1 aliphatic rings. The van der Waals surface area contributed by atoms with E-state index in [0.717, 1.165) is 28.3 Å². The Bertz CT molecular complexity index is 1220. The van der Waals surface area contributed by atoms with Crippen LogP contribution in [0.1, 0.15) is 23.5 Å². The van der Waals surface area contributed by atoms with Crippen LogP contribution in [0.2, 0.25) is 0 Å². The largest absolute Gasteiger partial charge is 0.481 e. The Labute approximate surface area is 203 Å². The lowest BCUT2D eigenvalue weighted by molar-refractivity contribution is -0.139. The van der Waals surface area contributed by atoms with Crippen LogP contribution >= 0.6 is 15.9 Å². The van der Waals surface area contributed by atoms with Crippen molar-refractivity contribution in [3.63, 3.8) is 0 Å². The van der Waals surface area contributed by atoms with Crippen LogP contribution in [0.4, 0.5) is 14.9 Å². The van der Waals surface area contributed by atoms with Crippen LogP contribution in [0.15, 0.2) is 71.2 Å². The van der Waals surface area contributed by atoms with Gasteiger partial charge in [0.2, 0.25) is 5.91 Å². The molecule has 0 saturated heterocycles. The fraction of sp³-hybridized carbons (Fsp3) is 0.160. The summed E-state index contributed by atoms with van der Waals surface area (Å²) in [4.78, 5) is 36.3. The lowest BCUT2D eigenvalue weighted by Gasteiger charge is -2.19. The van der Waals surface area contributed by atoms with Gasteiger partial charge in [0, 0.05) is 10.4 Å². The van der Waals surface area contributed by atoms with E-state index in [4.69, 9.17) is 4.74 Å². The Balaban J connectivity index is 1.43.